The molecular formula is C16H23N3. The first-order chi connectivity index (χ1) is 9.35. The average molecular weight is 257 g/mol. The molecule has 0 amide bonds. The summed E-state index contributed by atoms with van der Waals surface area (Å²) in [6.07, 6.45) is 6.52. The van der Waals surface area contributed by atoms with E-state index in [0.717, 1.165) is 24.3 Å². The first kappa shape index (κ1) is 12.7. The second-order valence-electron chi connectivity index (χ2n) is 5.58. The summed E-state index contributed by atoms with van der Waals surface area (Å²) in [6.45, 7) is 5.60. The van der Waals surface area contributed by atoms with Crippen LogP contribution in [0.3, 0.4) is 0 Å². The summed E-state index contributed by atoms with van der Waals surface area (Å²) in [5.41, 5.74) is 3.66. The Morgan fingerprint density at radius 2 is 1.95 bits per heavy atom. The van der Waals surface area contributed by atoms with Gasteiger partial charge in [0.05, 0.1) is 17.6 Å². The van der Waals surface area contributed by atoms with Gasteiger partial charge in [0.15, 0.2) is 0 Å². The topological polar surface area (TPSA) is 31.9 Å². The summed E-state index contributed by atoms with van der Waals surface area (Å²) in [5.74, 6) is 1.12. The fourth-order valence-corrected chi connectivity index (χ4v) is 2.91. The van der Waals surface area contributed by atoms with Crippen LogP contribution < -0.4 is 0 Å². The minimum absolute atomic E-state index is 0.968. The number of imidazole rings is 1. The van der Waals surface area contributed by atoms with Crippen molar-refractivity contribution in [2.45, 2.75) is 45.6 Å². The lowest BCUT2D eigenvalue weighted by Gasteiger charge is -2.17. The molecule has 0 saturated carbocycles. The molecule has 1 aliphatic heterocycles. The highest BCUT2D eigenvalue weighted by Crippen LogP contribution is 2.17. The predicted molar refractivity (Wildman–Crippen MR) is 79.2 cm³/mol. The number of H-pyrrole nitrogens is 1. The first-order valence-electron chi connectivity index (χ1n) is 7.55. The molecule has 3 rings (SSSR count). The van der Waals surface area contributed by atoms with Crippen molar-refractivity contribution in [3.05, 3.63) is 29.6 Å². The molecular weight excluding hydrogens is 234 g/mol. The fourth-order valence-electron chi connectivity index (χ4n) is 2.91. The van der Waals surface area contributed by atoms with Crippen molar-refractivity contribution in [1.29, 1.82) is 0 Å². The molecule has 0 spiro atoms. The molecule has 0 radical (unpaired) electrons. The van der Waals surface area contributed by atoms with Crippen LogP contribution in [0.2, 0.25) is 0 Å². The maximum absolute atomic E-state index is 4.72. The maximum atomic E-state index is 4.72. The zero-order valence-corrected chi connectivity index (χ0v) is 11.8. The number of rotatable bonds is 3. The minimum atomic E-state index is 0.968. The van der Waals surface area contributed by atoms with Crippen molar-refractivity contribution in [1.82, 2.24) is 14.9 Å². The van der Waals surface area contributed by atoms with E-state index in [2.05, 4.69) is 35.0 Å². The first-order valence-corrected chi connectivity index (χ1v) is 7.55. The average Bonchev–Trinajstić information content (AvgIpc) is 2.64. The van der Waals surface area contributed by atoms with Gasteiger partial charge in [0.25, 0.3) is 0 Å². The van der Waals surface area contributed by atoms with Gasteiger partial charge >= 0.3 is 0 Å². The molecule has 19 heavy (non-hydrogen) atoms. The Labute approximate surface area is 115 Å². The van der Waals surface area contributed by atoms with Crippen molar-refractivity contribution in [2.24, 2.45) is 0 Å². The van der Waals surface area contributed by atoms with Gasteiger partial charge in [0, 0.05) is 0 Å². The van der Waals surface area contributed by atoms with Gasteiger partial charge < -0.3 is 4.98 Å². The third-order valence-corrected chi connectivity index (χ3v) is 4.08. The van der Waals surface area contributed by atoms with Gasteiger partial charge in [-0.05, 0) is 50.0 Å². The molecule has 1 aromatic heterocycles. The Bertz CT molecular complexity index is 536. The van der Waals surface area contributed by atoms with E-state index in [1.807, 2.05) is 0 Å². The Hall–Kier alpha value is -1.35. The fraction of sp³-hybridized carbons (Fsp3) is 0.562. The van der Waals surface area contributed by atoms with Gasteiger partial charge in [-0.1, -0.05) is 25.8 Å². The third kappa shape index (κ3) is 2.98. The van der Waals surface area contributed by atoms with Crippen LogP contribution in [0.4, 0.5) is 0 Å². The molecule has 1 aromatic carbocycles. The van der Waals surface area contributed by atoms with Crippen molar-refractivity contribution in [2.75, 3.05) is 13.1 Å². The number of nitrogens with zero attached hydrogens (tertiary/aromatic N) is 2. The lowest BCUT2D eigenvalue weighted by atomic mass is 10.1. The van der Waals surface area contributed by atoms with E-state index in [4.69, 9.17) is 4.98 Å². The van der Waals surface area contributed by atoms with Crippen LogP contribution in [0.15, 0.2) is 18.2 Å². The molecule has 1 N–H and O–H groups in total. The number of aromatic amines is 1. The minimum Gasteiger partial charge on any atom is -0.341 e. The van der Waals surface area contributed by atoms with E-state index in [-0.39, 0.29) is 0 Å². The Morgan fingerprint density at radius 3 is 2.68 bits per heavy atom. The summed E-state index contributed by atoms with van der Waals surface area (Å²) in [5, 5.41) is 0. The van der Waals surface area contributed by atoms with E-state index in [9.17, 15) is 0 Å². The maximum Gasteiger partial charge on any atom is 0.121 e. The van der Waals surface area contributed by atoms with E-state index in [1.165, 1.54) is 49.9 Å². The summed E-state index contributed by atoms with van der Waals surface area (Å²) in [4.78, 5) is 10.7. The molecule has 2 aromatic rings. The lowest BCUT2D eigenvalue weighted by molar-refractivity contribution is 0.271. The van der Waals surface area contributed by atoms with Gasteiger partial charge in [-0.25, -0.2) is 4.98 Å². The molecule has 102 valence electrons. The Balaban J connectivity index is 1.76. The van der Waals surface area contributed by atoms with Crippen molar-refractivity contribution >= 4 is 11.0 Å². The predicted octanol–water partition coefficient (Wildman–Crippen LogP) is 3.50. The number of nitrogens with one attached hydrogen (secondary N) is 1. The summed E-state index contributed by atoms with van der Waals surface area (Å²) in [7, 11) is 0. The van der Waals surface area contributed by atoms with Gasteiger partial charge in [0.2, 0.25) is 0 Å². The molecule has 3 heteroatoms. The molecule has 1 saturated heterocycles. The Morgan fingerprint density at radius 1 is 1.16 bits per heavy atom. The van der Waals surface area contributed by atoms with Crippen LogP contribution in [-0.4, -0.2) is 28.0 Å². The van der Waals surface area contributed by atoms with Crippen LogP contribution in [-0.2, 0) is 13.0 Å². The second-order valence-corrected chi connectivity index (χ2v) is 5.58. The molecule has 0 atom stereocenters. The van der Waals surface area contributed by atoms with E-state index >= 15 is 0 Å². The SMILES string of the molecule is CCc1ccc2nc(CN3CCCCCC3)[nH]c2c1. The number of hydrogen-bond acceptors (Lipinski definition) is 2. The van der Waals surface area contributed by atoms with E-state index in [0.29, 0.717) is 0 Å². The number of aromatic nitrogens is 2. The number of benzene rings is 1. The highest BCUT2D eigenvalue weighted by atomic mass is 15.1. The van der Waals surface area contributed by atoms with Crippen LogP contribution in [0.25, 0.3) is 11.0 Å². The molecule has 1 fully saturated rings. The second kappa shape index (κ2) is 5.74. The summed E-state index contributed by atoms with van der Waals surface area (Å²) < 4.78 is 0. The molecule has 3 nitrogen and oxygen atoms in total. The number of hydrogen-bond donors (Lipinski definition) is 1. The quantitative estimate of drug-likeness (QED) is 0.912. The van der Waals surface area contributed by atoms with E-state index < -0.39 is 0 Å². The largest absolute Gasteiger partial charge is 0.341 e. The zero-order chi connectivity index (χ0) is 13.1. The third-order valence-electron chi connectivity index (χ3n) is 4.08. The summed E-state index contributed by atoms with van der Waals surface area (Å²) >= 11 is 0. The normalized spacial score (nSPS) is 17.7. The van der Waals surface area contributed by atoms with Crippen molar-refractivity contribution in [3.8, 4) is 0 Å². The smallest absolute Gasteiger partial charge is 0.121 e. The Kier molecular flexibility index (Phi) is 3.83. The molecule has 1 aliphatic rings. The molecule has 2 heterocycles. The van der Waals surface area contributed by atoms with Crippen LogP contribution in [0.5, 0.6) is 0 Å². The van der Waals surface area contributed by atoms with Crippen LogP contribution >= 0.6 is 0 Å². The molecule has 0 aliphatic carbocycles. The number of aryl methyl sites for hydroxylation is 1. The zero-order valence-electron chi connectivity index (χ0n) is 11.8. The van der Waals surface area contributed by atoms with Gasteiger partial charge in [-0.15, -0.1) is 0 Å². The summed E-state index contributed by atoms with van der Waals surface area (Å²) in [6, 6.07) is 6.55. The highest BCUT2D eigenvalue weighted by Gasteiger charge is 2.11. The van der Waals surface area contributed by atoms with Crippen LogP contribution in [0.1, 0.15) is 44.0 Å². The van der Waals surface area contributed by atoms with Gasteiger partial charge in [-0.2, -0.15) is 0 Å². The van der Waals surface area contributed by atoms with Crippen molar-refractivity contribution in [3.63, 3.8) is 0 Å². The number of likely N-dealkylation sites (tertiary alicyclic amines) is 1. The highest BCUT2D eigenvalue weighted by molar-refractivity contribution is 5.75. The monoisotopic (exact) mass is 257 g/mol. The van der Waals surface area contributed by atoms with Gasteiger partial charge in [0.1, 0.15) is 5.82 Å². The van der Waals surface area contributed by atoms with E-state index in [1.54, 1.807) is 0 Å². The number of fused-ring (bicyclic) bond motifs is 1. The van der Waals surface area contributed by atoms with Crippen molar-refractivity contribution < 1.29 is 0 Å². The van der Waals surface area contributed by atoms with Gasteiger partial charge in [-0.3, -0.25) is 4.90 Å². The molecule has 0 unspecified atom stereocenters. The van der Waals surface area contributed by atoms with Crippen LogP contribution in [0, 0.1) is 0 Å². The molecule has 0 bridgehead atoms. The standard InChI is InChI=1S/C16H23N3/c1-2-13-7-8-14-15(11-13)18-16(17-14)12-19-9-5-3-4-6-10-19/h7-8,11H,2-6,9-10,12H2,1H3,(H,17,18). The lowest BCUT2D eigenvalue weighted by Crippen LogP contribution is -2.24.